The number of carbonyl (C=O) groups is 3. The molecule has 1 aromatic carbocycles. The van der Waals surface area contributed by atoms with Gasteiger partial charge < -0.3 is 15.7 Å². The summed E-state index contributed by atoms with van der Waals surface area (Å²) in [6.45, 7) is 4.85. The highest BCUT2D eigenvalue weighted by molar-refractivity contribution is 6.34. The van der Waals surface area contributed by atoms with E-state index in [1.807, 2.05) is 0 Å². The number of carboxylic acids is 1. The zero-order valence-corrected chi connectivity index (χ0v) is 12.8. The second kappa shape index (κ2) is 8.19. The number of hydrogen-bond acceptors (Lipinski definition) is 3. The largest absolute Gasteiger partial charge is 0.480 e. The average Bonchev–Trinajstić information content (AvgIpc) is 2.44. The minimum atomic E-state index is -1.13. The number of nitrogens with one attached hydrogen (secondary N) is 2. The van der Waals surface area contributed by atoms with E-state index in [1.165, 1.54) is 19.1 Å². The zero-order valence-electron chi connectivity index (χ0n) is 12.1. The SMILES string of the molecule is C=CCCC(NC(=O)c1cc(NC(C)=O)ccc1Cl)C(=O)O. The van der Waals surface area contributed by atoms with E-state index in [2.05, 4.69) is 17.2 Å². The van der Waals surface area contributed by atoms with Gasteiger partial charge in [-0.25, -0.2) is 4.79 Å². The van der Waals surface area contributed by atoms with Gasteiger partial charge in [0, 0.05) is 12.6 Å². The molecule has 7 heteroatoms. The van der Waals surface area contributed by atoms with E-state index in [1.54, 1.807) is 12.1 Å². The summed E-state index contributed by atoms with van der Waals surface area (Å²) in [5, 5.41) is 14.2. The molecule has 0 radical (unpaired) electrons. The number of carbonyl (C=O) groups excluding carboxylic acids is 2. The maximum absolute atomic E-state index is 12.2. The Labute approximate surface area is 133 Å². The molecule has 2 amide bonds. The minimum Gasteiger partial charge on any atom is -0.480 e. The lowest BCUT2D eigenvalue weighted by Gasteiger charge is -2.15. The molecular formula is C15H17ClN2O4. The molecule has 0 aliphatic heterocycles. The summed E-state index contributed by atoms with van der Waals surface area (Å²) in [6, 6.07) is 3.37. The fourth-order valence-electron chi connectivity index (χ4n) is 1.76. The topological polar surface area (TPSA) is 95.5 Å². The molecule has 1 atom stereocenters. The monoisotopic (exact) mass is 324 g/mol. The van der Waals surface area contributed by atoms with Gasteiger partial charge in [-0.3, -0.25) is 9.59 Å². The van der Waals surface area contributed by atoms with Crippen molar-refractivity contribution in [2.24, 2.45) is 0 Å². The molecule has 0 aliphatic rings. The van der Waals surface area contributed by atoms with E-state index in [-0.39, 0.29) is 22.9 Å². The highest BCUT2D eigenvalue weighted by Gasteiger charge is 2.21. The maximum atomic E-state index is 12.2. The van der Waals surface area contributed by atoms with Crippen LogP contribution in [0.15, 0.2) is 30.9 Å². The van der Waals surface area contributed by atoms with Crippen molar-refractivity contribution in [3.8, 4) is 0 Å². The number of hydrogen-bond donors (Lipinski definition) is 3. The lowest BCUT2D eigenvalue weighted by atomic mass is 10.1. The van der Waals surface area contributed by atoms with E-state index >= 15 is 0 Å². The molecule has 6 nitrogen and oxygen atoms in total. The highest BCUT2D eigenvalue weighted by Crippen LogP contribution is 2.21. The Kier molecular flexibility index (Phi) is 6.59. The first-order chi connectivity index (χ1) is 10.3. The molecule has 0 spiro atoms. The molecule has 0 saturated heterocycles. The van der Waals surface area contributed by atoms with Crippen molar-refractivity contribution < 1.29 is 19.5 Å². The molecule has 0 heterocycles. The molecule has 0 saturated carbocycles. The Balaban J connectivity index is 2.93. The van der Waals surface area contributed by atoms with Gasteiger partial charge >= 0.3 is 5.97 Å². The molecule has 1 unspecified atom stereocenters. The van der Waals surface area contributed by atoms with Crippen LogP contribution in [0.5, 0.6) is 0 Å². The van der Waals surface area contributed by atoms with Crippen molar-refractivity contribution in [1.82, 2.24) is 5.32 Å². The zero-order chi connectivity index (χ0) is 16.7. The number of amides is 2. The standard InChI is InChI=1S/C15H17ClN2O4/c1-3-4-5-13(15(21)22)18-14(20)11-8-10(17-9(2)19)6-7-12(11)16/h3,6-8,13H,1,4-5H2,2H3,(H,17,19)(H,18,20)(H,21,22). The number of anilines is 1. The van der Waals surface area contributed by atoms with Crippen LogP contribution in [0.2, 0.25) is 5.02 Å². The summed E-state index contributed by atoms with van der Waals surface area (Å²) in [7, 11) is 0. The number of allylic oxidation sites excluding steroid dienone is 1. The number of halogens is 1. The number of aliphatic carboxylic acids is 1. The van der Waals surface area contributed by atoms with Gasteiger partial charge in [0.15, 0.2) is 0 Å². The third-order valence-electron chi connectivity index (χ3n) is 2.79. The lowest BCUT2D eigenvalue weighted by Crippen LogP contribution is -2.40. The summed E-state index contributed by atoms with van der Waals surface area (Å²) >= 11 is 5.96. The van der Waals surface area contributed by atoms with E-state index in [4.69, 9.17) is 16.7 Å². The highest BCUT2D eigenvalue weighted by atomic mass is 35.5. The van der Waals surface area contributed by atoms with Crippen LogP contribution in [-0.2, 0) is 9.59 Å². The number of rotatable bonds is 7. The molecule has 0 bridgehead atoms. The van der Waals surface area contributed by atoms with Gasteiger partial charge in [0.1, 0.15) is 6.04 Å². The third-order valence-corrected chi connectivity index (χ3v) is 3.12. The Hall–Kier alpha value is -2.34. The predicted molar refractivity (Wildman–Crippen MR) is 84.1 cm³/mol. The Bertz CT molecular complexity index is 601. The first-order valence-electron chi connectivity index (χ1n) is 6.57. The van der Waals surface area contributed by atoms with Crippen molar-refractivity contribution in [3.63, 3.8) is 0 Å². The Morgan fingerprint density at radius 1 is 1.41 bits per heavy atom. The maximum Gasteiger partial charge on any atom is 0.326 e. The third kappa shape index (κ3) is 5.21. The molecule has 0 fully saturated rings. The Morgan fingerprint density at radius 3 is 2.64 bits per heavy atom. The van der Waals surface area contributed by atoms with Gasteiger partial charge in [-0.15, -0.1) is 6.58 Å². The normalized spacial score (nSPS) is 11.4. The summed E-state index contributed by atoms with van der Waals surface area (Å²) in [4.78, 5) is 34.3. The van der Waals surface area contributed by atoms with Crippen molar-refractivity contribution in [2.45, 2.75) is 25.8 Å². The van der Waals surface area contributed by atoms with Crippen LogP contribution in [-0.4, -0.2) is 28.9 Å². The number of benzene rings is 1. The van der Waals surface area contributed by atoms with Crippen molar-refractivity contribution in [2.75, 3.05) is 5.32 Å². The molecular weight excluding hydrogens is 308 g/mol. The Morgan fingerprint density at radius 2 is 2.09 bits per heavy atom. The van der Waals surface area contributed by atoms with Crippen molar-refractivity contribution >= 4 is 35.1 Å². The van der Waals surface area contributed by atoms with E-state index in [0.29, 0.717) is 12.1 Å². The average molecular weight is 325 g/mol. The van der Waals surface area contributed by atoms with Crippen LogP contribution in [0.1, 0.15) is 30.1 Å². The minimum absolute atomic E-state index is 0.0952. The van der Waals surface area contributed by atoms with Gasteiger partial charge in [0.2, 0.25) is 5.91 Å². The molecule has 0 aromatic heterocycles. The summed E-state index contributed by atoms with van der Waals surface area (Å²) in [6.07, 6.45) is 2.26. The van der Waals surface area contributed by atoms with Gasteiger partial charge in [0.25, 0.3) is 5.91 Å². The smallest absolute Gasteiger partial charge is 0.326 e. The van der Waals surface area contributed by atoms with E-state index in [0.717, 1.165) is 0 Å². The first-order valence-corrected chi connectivity index (χ1v) is 6.94. The molecule has 1 aromatic rings. The molecule has 0 aliphatic carbocycles. The quantitative estimate of drug-likeness (QED) is 0.671. The molecule has 3 N–H and O–H groups in total. The molecule has 118 valence electrons. The predicted octanol–water partition coefficient (Wildman–Crippen LogP) is 2.45. The lowest BCUT2D eigenvalue weighted by molar-refractivity contribution is -0.139. The van der Waals surface area contributed by atoms with Crippen LogP contribution in [0.25, 0.3) is 0 Å². The van der Waals surface area contributed by atoms with Crippen LogP contribution in [0.3, 0.4) is 0 Å². The van der Waals surface area contributed by atoms with Crippen LogP contribution in [0, 0.1) is 0 Å². The fourth-order valence-corrected chi connectivity index (χ4v) is 1.96. The van der Waals surface area contributed by atoms with Crippen LogP contribution >= 0.6 is 11.6 Å². The van der Waals surface area contributed by atoms with Crippen molar-refractivity contribution in [3.05, 3.63) is 41.4 Å². The summed E-state index contributed by atoms with van der Waals surface area (Å²) in [5.41, 5.74) is 0.498. The van der Waals surface area contributed by atoms with Crippen LogP contribution in [0.4, 0.5) is 5.69 Å². The van der Waals surface area contributed by atoms with Gasteiger partial charge in [-0.2, -0.15) is 0 Å². The first kappa shape index (κ1) is 17.7. The fraction of sp³-hybridized carbons (Fsp3) is 0.267. The van der Waals surface area contributed by atoms with Crippen LogP contribution < -0.4 is 10.6 Å². The summed E-state index contributed by atoms with van der Waals surface area (Å²) < 4.78 is 0. The van der Waals surface area contributed by atoms with E-state index in [9.17, 15) is 14.4 Å². The van der Waals surface area contributed by atoms with Gasteiger partial charge in [-0.05, 0) is 31.0 Å². The second-order valence-electron chi connectivity index (χ2n) is 4.61. The number of carboxylic acid groups (broad SMARTS) is 1. The second-order valence-corrected chi connectivity index (χ2v) is 5.01. The summed E-state index contributed by atoms with van der Waals surface area (Å²) in [5.74, 6) is -2.04. The molecule has 1 rings (SSSR count). The molecule has 22 heavy (non-hydrogen) atoms. The van der Waals surface area contributed by atoms with Crippen molar-refractivity contribution in [1.29, 1.82) is 0 Å². The van der Waals surface area contributed by atoms with Gasteiger partial charge in [-0.1, -0.05) is 17.7 Å². The van der Waals surface area contributed by atoms with E-state index < -0.39 is 17.9 Å². The van der Waals surface area contributed by atoms with Gasteiger partial charge in [0.05, 0.1) is 10.6 Å².